The Labute approximate surface area is 221 Å². The number of sulfonamides is 1. The van der Waals surface area contributed by atoms with Gasteiger partial charge < -0.3 is 9.88 Å². The third-order valence-corrected chi connectivity index (χ3v) is 8.45. The van der Waals surface area contributed by atoms with Gasteiger partial charge >= 0.3 is 0 Å². The van der Waals surface area contributed by atoms with Gasteiger partial charge in [0.25, 0.3) is 5.69 Å². The summed E-state index contributed by atoms with van der Waals surface area (Å²) >= 11 is 0. The van der Waals surface area contributed by atoms with E-state index in [1.54, 1.807) is 18.7 Å². The first-order chi connectivity index (χ1) is 18.2. The van der Waals surface area contributed by atoms with Crippen LogP contribution in [0.4, 0.5) is 5.69 Å². The molecule has 0 atom stereocenters. The maximum atomic E-state index is 13.6. The lowest BCUT2D eigenvalue weighted by Crippen LogP contribution is -2.46. The number of carbonyl (C=O) groups is 1. The van der Waals surface area contributed by atoms with Crippen LogP contribution in [0.2, 0.25) is 0 Å². The SMILES string of the molecule is CC(C)N(CC(=O)N(CCc1c[nH]c2ccccc12)Cc1ccccc1)S(=O)(=O)c1ccc([N+](=O)[O-])cc1. The number of rotatable bonds is 11. The normalized spacial score (nSPS) is 11.8. The molecule has 0 bridgehead atoms. The van der Waals surface area contributed by atoms with Crippen molar-refractivity contribution in [1.82, 2.24) is 14.2 Å². The van der Waals surface area contributed by atoms with E-state index in [9.17, 15) is 23.3 Å². The van der Waals surface area contributed by atoms with E-state index < -0.39 is 21.0 Å². The van der Waals surface area contributed by atoms with Gasteiger partial charge in [-0.2, -0.15) is 4.31 Å². The molecule has 0 saturated heterocycles. The number of nitrogens with zero attached hydrogens (tertiary/aromatic N) is 3. The fraction of sp³-hybridized carbons (Fsp3) is 0.250. The molecule has 4 rings (SSSR count). The van der Waals surface area contributed by atoms with Gasteiger partial charge in [0.05, 0.1) is 16.4 Å². The number of nitro groups is 1. The van der Waals surface area contributed by atoms with Gasteiger partial charge in [0, 0.05) is 48.4 Å². The van der Waals surface area contributed by atoms with E-state index in [0.29, 0.717) is 19.5 Å². The number of nitrogens with one attached hydrogen (secondary N) is 1. The number of hydrogen-bond acceptors (Lipinski definition) is 5. The van der Waals surface area contributed by atoms with Gasteiger partial charge in [0.15, 0.2) is 0 Å². The zero-order chi connectivity index (χ0) is 27.3. The van der Waals surface area contributed by atoms with Crippen molar-refractivity contribution >= 4 is 32.5 Å². The Morgan fingerprint density at radius 2 is 1.63 bits per heavy atom. The number of hydrogen-bond donors (Lipinski definition) is 1. The average Bonchev–Trinajstić information content (AvgIpc) is 3.33. The fourth-order valence-electron chi connectivity index (χ4n) is 4.34. The third-order valence-electron chi connectivity index (χ3n) is 6.42. The van der Waals surface area contributed by atoms with Crippen molar-refractivity contribution < 1.29 is 18.1 Å². The van der Waals surface area contributed by atoms with Gasteiger partial charge in [-0.25, -0.2) is 8.42 Å². The zero-order valence-electron chi connectivity index (χ0n) is 21.3. The van der Waals surface area contributed by atoms with Crippen LogP contribution in [0.5, 0.6) is 0 Å². The highest BCUT2D eigenvalue weighted by Crippen LogP contribution is 2.23. The first kappa shape index (κ1) is 27.0. The summed E-state index contributed by atoms with van der Waals surface area (Å²) in [5, 5.41) is 12.1. The Kier molecular flexibility index (Phi) is 8.23. The van der Waals surface area contributed by atoms with Crippen LogP contribution in [-0.4, -0.2) is 52.6 Å². The van der Waals surface area contributed by atoms with Crippen molar-refractivity contribution in [2.45, 2.75) is 37.8 Å². The van der Waals surface area contributed by atoms with E-state index in [1.165, 1.54) is 12.1 Å². The van der Waals surface area contributed by atoms with Crippen molar-refractivity contribution in [3.05, 3.63) is 106 Å². The molecule has 1 N–H and O–H groups in total. The van der Waals surface area contributed by atoms with Gasteiger partial charge in [0.2, 0.25) is 15.9 Å². The van der Waals surface area contributed by atoms with Crippen LogP contribution in [0, 0.1) is 10.1 Å². The van der Waals surface area contributed by atoms with Crippen LogP contribution in [0.15, 0.2) is 90.0 Å². The van der Waals surface area contributed by atoms with E-state index in [1.807, 2.05) is 60.8 Å². The highest BCUT2D eigenvalue weighted by Gasteiger charge is 2.31. The van der Waals surface area contributed by atoms with Crippen molar-refractivity contribution in [3.8, 4) is 0 Å². The first-order valence-electron chi connectivity index (χ1n) is 12.3. The van der Waals surface area contributed by atoms with Crippen LogP contribution in [0.1, 0.15) is 25.0 Å². The molecular formula is C28H30N4O5S. The van der Waals surface area contributed by atoms with E-state index in [-0.39, 0.29) is 23.0 Å². The lowest BCUT2D eigenvalue weighted by atomic mass is 10.1. The van der Waals surface area contributed by atoms with Gasteiger partial charge in [-0.15, -0.1) is 0 Å². The molecule has 4 aromatic rings. The molecule has 1 amide bonds. The van der Waals surface area contributed by atoms with E-state index in [0.717, 1.165) is 38.5 Å². The topological polar surface area (TPSA) is 117 Å². The zero-order valence-corrected chi connectivity index (χ0v) is 22.1. The molecule has 0 spiro atoms. The molecule has 3 aromatic carbocycles. The van der Waals surface area contributed by atoms with Crippen LogP contribution >= 0.6 is 0 Å². The van der Waals surface area contributed by atoms with E-state index in [4.69, 9.17) is 0 Å². The van der Waals surface area contributed by atoms with Gasteiger partial charge in [-0.05, 0) is 49.6 Å². The lowest BCUT2D eigenvalue weighted by Gasteiger charge is -2.29. The lowest BCUT2D eigenvalue weighted by molar-refractivity contribution is -0.384. The summed E-state index contributed by atoms with van der Waals surface area (Å²) in [6.07, 6.45) is 2.54. The highest BCUT2D eigenvalue weighted by molar-refractivity contribution is 7.89. The number of fused-ring (bicyclic) bond motifs is 1. The van der Waals surface area contributed by atoms with Gasteiger partial charge in [0.1, 0.15) is 0 Å². The number of benzene rings is 3. The number of nitro benzene ring substituents is 1. The molecule has 0 unspecified atom stereocenters. The predicted octanol–water partition coefficient (Wildman–Crippen LogP) is 4.75. The second-order valence-electron chi connectivity index (χ2n) is 9.31. The Balaban J connectivity index is 1.57. The minimum atomic E-state index is -4.07. The average molecular weight is 535 g/mol. The Bertz CT molecular complexity index is 1520. The largest absolute Gasteiger partial charge is 0.361 e. The number of non-ortho nitro benzene ring substituents is 1. The number of para-hydroxylation sites is 1. The standard InChI is InChI=1S/C28H30N4O5S/c1-21(2)31(38(36,37)25-14-12-24(13-15-25)32(34)35)20-28(33)30(19-22-8-4-3-5-9-22)17-16-23-18-29-27-11-7-6-10-26(23)27/h3-15,18,21,29H,16-17,19-20H2,1-2H3. The molecule has 1 heterocycles. The quantitative estimate of drug-likeness (QED) is 0.220. The summed E-state index contributed by atoms with van der Waals surface area (Å²) in [7, 11) is -4.07. The van der Waals surface area contributed by atoms with Crippen molar-refractivity contribution in [3.63, 3.8) is 0 Å². The smallest absolute Gasteiger partial charge is 0.269 e. The highest BCUT2D eigenvalue weighted by atomic mass is 32.2. The monoisotopic (exact) mass is 534 g/mol. The van der Waals surface area contributed by atoms with Crippen molar-refractivity contribution in [1.29, 1.82) is 0 Å². The molecule has 10 heteroatoms. The van der Waals surface area contributed by atoms with E-state index in [2.05, 4.69) is 4.98 Å². The summed E-state index contributed by atoms with van der Waals surface area (Å²) in [5.41, 5.74) is 2.82. The number of aromatic amines is 1. The summed E-state index contributed by atoms with van der Waals surface area (Å²) in [6, 6.07) is 21.7. The number of carbonyl (C=O) groups excluding carboxylic acids is 1. The van der Waals surface area contributed by atoms with Gasteiger partial charge in [-0.1, -0.05) is 48.5 Å². The minimum Gasteiger partial charge on any atom is -0.361 e. The van der Waals surface area contributed by atoms with Crippen molar-refractivity contribution in [2.24, 2.45) is 0 Å². The molecule has 1 aromatic heterocycles. The molecule has 0 radical (unpaired) electrons. The Morgan fingerprint density at radius 1 is 0.974 bits per heavy atom. The second kappa shape index (κ2) is 11.6. The molecule has 0 aliphatic carbocycles. The Morgan fingerprint density at radius 3 is 2.29 bits per heavy atom. The van der Waals surface area contributed by atoms with Crippen LogP contribution in [-0.2, 0) is 27.8 Å². The van der Waals surface area contributed by atoms with E-state index >= 15 is 0 Å². The number of H-pyrrole nitrogens is 1. The summed E-state index contributed by atoms with van der Waals surface area (Å²) < 4.78 is 28.0. The molecule has 0 saturated carbocycles. The third kappa shape index (κ3) is 6.09. The summed E-state index contributed by atoms with van der Waals surface area (Å²) in [5.74, 6) is -0.326. The second-order valence-corrected chi connectivity index (χ2v) is 11.2. The number of amides is 1. The minimum absolute atomic E-state index is 0.0991. The predicted molar refractivity (Wildman–Crippen MR) is 146 cm³/mol. The van der Waals surface area contributed by atoms with Crippen LogP contribution in [0.3, 0.4) is 0 Å². The van der Waals surface area contributed by atoms with Crippen molar-refractivity contribution in [2.75, 3.05) is 13.1 Å². The molecule has 38 heavy (non-hydrogen) atoms. The summed E-state index contributed by atoms with van der Waals surface area (Å²) in [6.45, 7) is 3.79. The maximum Gasteiger partial charge on any atom is 0.269 e. The summed E-state index contributed by atoms with van der Waals surface area (Å²) in [4.78, 5) is 28.9. The maximum absolute atomic E-state index is 13.6. The first-order valence-corrected chi connectivity index (χ1v) is 13.7. The fourth-order valence-corrected chi connectivity index (χ4v) is 5.93. The van der Waals surface area contributed by atoms with Crippen LogP contribution in [0.25, 0.3) is 10.9 Å². The molecule has 0 aliphatic heterocycles. The van der Waals surface area contributed by atoms with Crippen LogP contribution < -0.4 is 0 Å². The molecule has 9 nitrogen and oxygen atoms in total. The molecule has 198 valence electrons. The van der Waals surface area contributed by atoms with Gasteiger partial charge in [-0.3, -0.25) is 14.9 Å². The Hall–Kier alpha value is -4.02. The molecule has 0 fully saturated rings. The molecular weight excluding hydrogens is 504 g/mol. The molecule has 0 aliphatic rings. The number of aromatic nitrogens is 1.